The number of hydrogen-bond acceptors (Lipinski definition) is 5. The Labute approximate surface area is 211 Å². The van der Waals surface area contributed by atoms with Gasteiger partial charge in [-0.3, -0.25) is 9.10 Å². The number of rotatable bonds is 9. The Hall–Kier alpha value is -3.69. The Morgan fingerprint density at radius 1 is 0.972 bits per heavy atom. The van der Waals surface area contributed by atoms with Gasteiger partial charge in [-0.05, 0) is 69.0 Å². The van der Waals surface area contributed by atoms with Gasteiger partial charge in [-0.15, -0.1) is 0 Å². The van der Waals surface area contributed by atoms with Crippen molar-refractivity contribution >= 4 is 44.3 Å². The lowest BCUT2D eigenvalue weighted by molar-refractivity contribution is -0.110. The number of nitrogens with one attached hydrogen (secondary N) is 2. The van der Waals surface area contributed by atoms with E-state index in [-0.39, 0.29) is 11.7 Å². The van der Waals surface area contributed by atoms with Crippen LogP contribution in [0, 0.1) is 5.82 Å². The summed E-state index contributed by atoms with van der Waals surface area (Å²) in [6.45, 7) is 2.55. The van der Waals surface area contributed by atoms with Crippen molar-refractivity contribution in [3.63, 3.8) is 0 Å². The first-order valence-electron chi connectivity index (χ1n) is 11.6. The zero-order valence-corrected chi connectivity index (χ0v) is 21.3. The molecule has 3 aromatic carbocycles. The summed E-state index contributed by atoms with van der Waals surface area (Å²) in [5.74, 6) is -0.761. The second-order valence-electron chi connectivity index (χ2n) is 8.71. The van der Waals surface area contributed by atoms with E-state index in [2.05, 4.69) is 10.6 Å². The van der Waals surface area contributed by atoms with Gasteiger partial charge in [-0.1, -0.05) is 30.3 Å². The minimum Gasteiger partial charge on any atom is -0.354 e. The van der Waals surface area contributed by atoms with E-state index in [4.69, 9.17) is 0 Å². The molecule has 0 radical (unpaired) electrons. The Morgan fingerprint density at radius 3 is 2.31 bits per heavy atom. The van der Waals surface area contributed by atoms with Crippen LogP contribution >= 0.6 is 0 Å². The van der Waals surface area contributed by atoms with E-state index in [1.54, 1.807) is 37.3 Å². The molecular formula is C27H29FN4O3S. The summed E-state index contributed by atoms with van der Waals surface area (Å²) >= 11 is 0. The number of hydrogen-bond donors (Lipinski definition) is 2. The second-order valence-corrected chi connectivity index (χ2v) is 10.9. The molecule has 0 fully saturated rings. The molecule has 2 N–H and O–H groups in total. The molecule has 0 bridgehead atoms. The molecule has 0 saturated carbocycles. The molecule has 9 heteroatoms. The number of benzene rings is 3. The quantitative estimate of drug-likeness (QED) is 0.417. The van der Waals surface area contributed by atoms with E-state index in [9.17, 15) is 17.6 Å². The van der Waals surface area contributed by atoms with Crippen molar-refractivity contribution in [1.29, 1.82) is 0 Å². The van der Waals surface area contributed by atoms with Crippen LogP contribution in [-0.2, 0) is 14.8 Å². The fraction of sp³-hybridized carbons (Fsp3) is 0.222. The van der Waals surface area contributed by atoms with Gasteiger partial charge < -0.3 is 15.5 Å². The number of halogens is 1. The van der Waals surface area contributed by atoms with Gasteiger partial charge in [0, 0.05) is 24.3 Å². The highest BCUT2D eigenvalue weighted by Gasteiger charge is 2.29. The minimum absolute atomic E-state index is 0.000200. The average molecular weight is 509 g/mol. The second kappa shape index (κ2) is 10.5. The lowest BCUT2D eigenvalue weighted by Crippen LogP contribution is -2.37. The maximum absolute atomic E-state index is 13.8. The van der Waals surface area contributed by atoms with Crippen LogP contribution in [0.2, 0.25) is 0 Å². The van der Waals surface area contributed by atoms with Crippen LogP contribution in [-0.4, -0.2) is 52.2 Å². The van der Waals surface area contributed by atoms with Crippen molar-refractivity contribution in [3.05, 3.63) is 89.7 Å². The molecule has 1 aliphatic rings. The van der Waals surface area contributed by atoms with Gasteiger partial charge in [0.15, 0.2) is 0 Å². The highest BCUT2D eigenvalue weighted by molar-refractivity contribution is 7.92. The molecule has 1 aliphatic heterocycles. The summed E-state index contributed by atoms with van der Waals surface area (Å²) < 4.78 is 40.6. The van der Waals surface area contributed by atoms with E-state index in [1.807, 2.05) is 49.3 Å². The predicted octanol–water partition coefficient (Wildman–Crippen LogP) is 4.48. The molecule has 0 aromatic heterocycles. The molecule has 0 unspecified atom stereocenters. The van der Waals surface area contributed by atoms with Crippen LogP contribution in [0.4, 0.5) is 21.5 Å². The number of nitrogens with zero attached hydrogens (tertiary/aromatic N) is 2. The molecular weight excluding hydrogens is 479 g/mol. The number of sulfonamides is 1. The standard InChI is InChI=1S/C27H29FN4O3S/c1-4-36(34,35)32(17-16-31(2)3)22-13-11-21(12-14-22)29-26(19-8-6-5-7-9-19)25-23-15-10-20(28)18-24(23)30-27(25)33/h5-15,18,29H,4,16-17H2,1-3H3,(H,30,33)/b26-25-. The SMILES string of the molecule is CCS(=O)(=O)N(CCN(C)C)c1ccc(N/C(=C2\C(=O)Nc3cc(F)ccc32)c2ccccc2)cc1. The highest BCUT2D eigenvalue weighted by Crippen LogP contribution is 2.38. The van der Waals surface area contributed by atoms with Gasteiger partial charge in [-0.2, -0.15) is 0 Å². The van der Waals surface area contributed by atoms with Crippen molar-refractivity contribution in [2.75, 3.05) is 47.9 Å². The van der Waals surface area contributed by atoms with Gasteiger partial charge in [0.05, 0.1) is 28.4 Å². The predicted molar refractivity (Wildman–Crippen MR) is 144 cm³/mol. The third kappa shape index (κ3) is 5.42. The number of anilines is 3. The molecule has 7 nitrogen and oxygen atoms in total. The van der Waals surface area contributed by atoms with E-state index in [0.29, 0.717) is 47.0 Å². The Balaban J connectivity index is 1.72. The minimum atomic E-state index is -3.45. The van der Waals surface area contributed by atoms with E-state index < -0.39 is 15.8 Å². The monoisotopic (exact) mass is 508 g/mol. The molecule has 36 heavy (non-hydrogen) atoms. The zero-order valence-electron chi connectivity index (χ0n) is 20.5. The molecule has 0 saturated heterocycles. The van der Waals surface area contributed by atoms with Gasteiger partial charge in [0.2, 0.25) is 10.0 Å². The largest absolute Gasteiger partial charge is 0.354 e. The first kappa shape index (κ1) is 25.4. The smallest absolute Gasteiger partial charge is 0.258 e. The fourth-order valence-electron chi connectivity index (χ4n) is 4.01. The maximum atomic E-state index is 13.8. The lowest BCUT2D eigenvalue weighted by atomic mass is 10.00. The first-order valence-corrected chi connectivity index (χ1v) is 13.2. The molecule has 0 aliphatic carbocycles. The summed E-state index contributed by atoms with van der Waals surface area (Å²) in [6.07, 6.45) is 0. The summed E-state index contributed by atoms with van der Waals surface area (Å²) in [6, 6.07) is 20.7. The molecule has 3 aromatic rings. The zero-order chi connectivity index (χ0) is 25.9. The van der Waals surface area contributed by atoms with E-state index in [1.165, 1.54) is 16.4 Å². The normalized spacial score (nSPS) is 14.4. The molecule has 0 atom stereocenters. The fourth-order valence-corrected chi connectivity index (χ4v) is 5.12. The van der Waals surface area contributed by atoms with Crippen LogP contribution in [0.5, 0.6) is 0 Å². The van der Waals surface area contributed by atoms with Gasteiger partial charge in [0.1, 0.15) is 5.82 Å². The third-order valence-corrected chi connectivity index (χ3v) is 7.71. The van der Waals surface area contributed by atoms with Gasteiger partial charge >= 0.3 is 0 Å². The Morgan fingerprint density at radius 2 is 1.67 bits per heavy atom. The summed E-state index contributed by atoms with van der Waals surface area (Å²) in [7, 11) is 0.342. The molecule has 1 heterocycles. The lowest BCUT2D eigenvalue weighted by Gasteiger charge is -2.25. The van der Waals surface area contributed by atoms with Crippen LogP contribution in [0.1, 0.15) is 18.1 Å². The average Bonchev–Trinajstić information content (AvgIpc) is 3.18. The van der Waals surface area contributed by atoms with Crippen molar-refractivity contribution in [3.8, 4) is 0 Å². The Bertz CT molecular complexity index is 1390. The molecule has 188 valence electrons. The molecule has 1 amide bonds. The number of likely N-dealkylation sites (N-methyl/N-ethyl adjacent to an activating group) is 1. The first-order chi connectivity index (χ1) is 17.2. The topological polar surface area (TPSA) is 81.8 Å². The van der Waals surface area contributed by atoms with Crippen LogP contribution < -0.4 is 14.9 Å². The maximum Gasteiger partial charge on any atom is 0.258 e. The number of amides is 1. The number of carbonyl (C=O) groups excluding carboxylic acids is 1. The summed E-state index contributed by atoms with van der Waals surface area (Å²) in [4.78, 5) is 14.9. The van der Waals surface area contributed by atoms with Crippen molar-refractivity contribution in [2.45, 2.75) is 6.92 Å². The molecule has 0 spiro atoms. The number of fused-ring (bicyclic) bond motifs is 1. The van der Waals surface area contributed by atoms with Crippen LogP contribution in [0.15, 0.2) is 72.8 Å². The van der Waals surface area contributed by atoms with Gasteiger partial charge in [0.25, 0.3) is 5.91 Å². The summed E-state index contributed by atoms with van der Waals surface area (Å²) in [5, 5.41) is 6.08. The molecule has 4 rings (SSSR count). The third-order valence-electron chi connectivity index (χ3n) is 5.91. The van der Waals surface area contributed by atoms with Crippen molar-refractivity contribution in [1.82, 2.24) is 4.90 Å². The van der Waals surface area contributed by atoms with Crippen LogP contribution in [0.3, 0.4) is 0 Å². The number of carbonyl (C=O) groups is 1. The van der Waals surface area contributed by atoms with Crippen LogP contribution in [0.25, 0.3) is 11.3 Å². The Kier molecular flexibility index (Phi) is 7.42. The van der Waals surface area contributed by atoms with Crippen molar-refractivity contribution in [2.24, 2.45) is 0 Å². The van der Waals surface area contributed by atoms with Gasteiger partial charge in [-0.25, -0.2) is 12.8 Å². The summed E-state index contributed by atoms with van der Waals surface area (Å²) in [5.41, 5.74) is 4.02. The van der Waals surface area contributed by atoms with Crippen molar-refractivity contribution < 1.29 is 17.6 Å². The van der Waals surface area contributed by atoms with E-state index >= 15 is 0 Å². The highest BCUT2D eigenvalue weighted by atomic mass is 32.2. The van der Waals surface area contributed by atoms with E-state index in [0.717, 1.165) is 5.56 Å².